The number of hydrogen-bond donors (Lipinski definition) is 0. The lowest BCUT2D eigenvalue weighted by Crippen LogP contribution is -2.38. The number of carbonyl (C=O) groups excluding carboxylic acids is 2. The molecule has 0 aromatic carbocycles. The fourth-order valence-electron chi connectivity index (χ4n) is 1.88. The molecular formula is C14H21NO2. The topological polar surface area (TPSA) is 37.4 Å². The lowest BCUT2D eigenvalue weighted by molar-refractivity contribution is -0.135. The minimum Gasteiger partial charge on any atom is -0.342 e. The average molecular weight is 235 g/mol. The molecule has 1 amide bonds. The SMILES string of the molecule is CC(=O)CC(=O)N1CCC(C#CC(C)C)CC1. The van der Waals surface area contributed by atoms with Crippen molar-refractivity contribution in [3.05, 3.63) is 0 Å². The molecule has 3 nitrogen and oxygen atoms in total. The van der Waals surface area contributed by atoms with E-state index in [0.29, 0.717) is 11.8 Å². The quantitative estimate of drug-likeness (QED) is 0.541. The molecule has 94 valence electrons. The van der Waals surface area contributed by atoms with Crippen molar-refractivity contribution >= 4 is 11.7 Å². The predicted molar refractivity (Wildman–Crippen MR) is 67.2 cm³/mol. The summed E-state index contributed by atoms with van der Waals surface area (Å²) in [6.07, 6.45) is 1.91. The van der Waals surface area contributed by atoms with Crippen LogP contribution in [0.15, 0.2) is 0 Å². The van der Waals surface area contributed by atoms with E-state index in [2.05, 4.69) is 25.7 Å². The zero-order valence-electron chi connectivity index (χ0n) is 11.0. The van der Waals surface area contributed by atoms with Gasteiger partial charge in [0.15, 0.2) is 0 Å². The summed E-state index contributed by atoms with van der Waals surface area (Å²) < 4.78 is 0. The van der Waals surface area contributed by atoms with Crippen molar-refractivity contribution < 1.29 is 9.59 Å². The number of likely N-dealkylation sites (tertiary alicyclic amines) is 1. The second-order valence-corrected chi connectivity index (χ2v) is 4.98. The van der Waals surface area contributed by atoms with Crippen LogP contribution >= 0.6 is 0 Å². The third-order valence-corrected chi connectivity index (χ3v) is 2.82. The van der Waals surface area contributed by atoms with Gasteiger partial charge in [-0.25, -0.2) is 0 Å². The smallest absolute Gasteiger partial charge is 0.230 e. The van der Waals surface area contributed by atoms with Crippen LogP contribution in [0.5, 0.6) is 0 Å². The standard InChI is InChI=1S/C14H21NO2/c1-11(2)4-5-13-6-8-15(9-7-13)14(17)10-12(3)16/h11,13H,6-10H2,1-3H3. The number of amides is 1. The van der Waals surface area contributed by atoms with Crippen molar-refractivity contribution in [2.24, 2.45) is 11.8 Å². The molecule has 0 unspecified atom stereocenters. The van der Waals surface area contributed by atoms with Crippen molar-refractivity contribution in [1.29, 1.82) is 0 Å². The number of Topliss-reactive ketones (excluding diaryl/α,β-unsaturated/α-hetero) is 1. The molecule has 0 N–H and O–H groups in total. The van der Waals surface area contributed by atoms with Gasteiger partial charge in [-0.3, -0.25) is 9.59 Å². The summed E-state index contributed by atoms with van der Waals surface area (Å²) in [4.78, 5) is 24.3. The molecule has 1 aliphatic rings. The van der Waals surface area contributed by atoms with E-state index in [-0.39, 0.29) is 18.1 Å². The number of hydrogen-bond acceptors (Lipinski definition) is 2. The van der Waals surface area contributed by atoms with Gasteiger partial charge >= 0.3 is 0 Å². The molecule has 0 aliphatic carbocycles. The van der Waals surface area contributed by atoms with Gasteiger partial charge in [0.05, 0.1) is 6.42 Å². The lowest BCUT2D eigenvalue weighted by atomic mass is 9.96. The Morgan fingerprint density at radius 3 is 2.35 bits per heavy atom. The zero-order valence-corrected chi connectivity index (χ0v) is 11.0. The normalized spacial score (nSPS) is 16.6. The maximum absolute atomic E-state index is 11.7. The highest BCUT2D eigenvalue weighted by molar-refractivity contribution is 5.96. The first-order valence-electron chi connectivity index (χ1n) is 6.27. The van der Waals surface area contributed by atoms with E-state index < -0.39 is 0 Å². The van der Waals surface area contributed by atoms with E-state index >= 15 is 0 Å². The summed E-state index contributed by atoms with van der Waals surface area (Å²) in [5.41, 5.74) is 0. The Morgan fingerprint density at radius 1 is 1.29 bits per heavy atom. The van der Waals surface area contributed by atoms with Gasteiger partial charge in [-0.1, -0.05) is 19.8 Å². The predicted octanol–water partition coefficient (Wildman–Crippen LogP) is 1.86. The van der Waals surface area contributed by atoms with Crippen LogP contribution < -0.4 is 0 Å². The summed E-state index contributed by atoms with van der Waals surface area (Å²) in [5.74, 6) is 7.18. The molecule has 0 aromatic rings. The summed E-state index contributed by atoms with van der Waals surface area (Å²) in [7, 11) is 0. The lowest BCUT2D eigenvalue weighted by Gasteiger charge is -2.29. The fourth-order valence-corrected chi connectivity index (χ4v) is 1.88. The molecule has 3 heteroatoms. The van der Waals surface area contributed by atoms with Crippen LogP contribution in [-0.4, -0.2) is 29.7 Å². The van der Waals surface area contributed by atoms with E-state index in [1.165, 1.54) is 6.92 Å². The summed E-state index contributed by atoms with van der Waals surface area (Å²) in [6.45, 7) is 7.10. The number of carbonyl (C=O) groups is 2. The Bertz CT molecular complexity index is 341. The minimum atomic E-state index is -0.0586. The third-order valence-electron chi connectivity index (χ3n) is 2.82. The highest BCUT2D eigenvalue weighted by Gasteiger charge is 2.22. The molecule has 0 spiro atoms. The van der Waals surface area contributed by atoms with E-state index in [1.807, 2.05) is 0 Å². The van der Waals surface area contributed by atoms with E-state index in [0.717, 1.165) is 25.9 Å². The van der Waals surface area contributed by atoms with E-state index in [9.17, 15) is 9.59 Å². The van der Waals surface area contributed by atoms with Crippen molar-refractivity contribution in [3.63, 3.8) is 0 Å². The first kappa shape index (κ1) is 13.8. The zero-order chi connectivity index (χ0) is 12.8. The molecule has 1 heterocycles. The molecule has 1 aliphatic heterocycles. The second-order valence-electron chi connectivity index (χ2n) is 4.98. The maximum atomic E-state index is 11.7. The minimum absolute atomic E-state index is 0.0345. The fraction of sp³-hybridized carbons (Fsp3) is 0.714. The van der Waals surface area contributed by atoms with Gasteiger partial charge in [0, 0.05) is 24.9 Å². The van der Waals surface area contributed by atoms with E-state index in [1.54, 1.807) is 4.90 Å². The number of ketones is 1. The average Bonchev–Trinajstić information content (AvgIpc) is 2.26. The molecule has 17 heavy (non-hydrogen) atoms. The van der Waals surface area contributed by atoms with Gasteiger partial charge in [-0.15, -0.1) is 5.92 Å². The Labute approximate surface area is 104 Å². The molecule has 0 saturated carbocycles. The van der Waals surface area contributed by atoms with Crippen molar-refractivity contribution in [1.82, 2.24) is 4.90 Å². The number of nitrogens with zero attached hydrogens (tertiary/aromatic N) is 1. The Hall–Kier alpha value is -1.30. The number of rotatable bonds is 2. The molecule has 1 fully saturated rings. The summed E-state index contributed by atoms with van der Waals surface area (Å²) in [5, 5.41) is 0. The molecule has 0 bridgehead atoms. The largest absolute Gasteiger partial charge is 0.342 e. The molecule has 0 atom stereocenters. The molecule has 0 radical (unpaired) electrons. The highest BCUT2D eigenvalue weighted by Crippen LogP contribution is 2.17. The molecule has 1 saturated heterocycles. The third kappa shape index (κ3) is 5.04. The molecular weight excluding hydrogens is 214 g/mol. The summed E-state index contributed by atoms with van der Waals surface area (Å²) in [6, 6.07) is 0. The highest BCUT2D eigenvalue weighted by atomic mass is 16.2. The molecule has 0 aromatic heterocycles. The number of piperidine rings is 1. The molecule has 1 rings (SSSR count). The summed E-state index contributed by atoms with van der Waals surface area (Å²) >= 11 is 0. The van der Waals surface area contributed by atoms with E-state index in [4.69, 9.17) is 0 Å². The Balaban J connectivity index is 2.38. The second kappa shape index (κ2) is 6.44. The van der Waals surface area contributed by atoms with Crippen molar-refractivity contribution in [3.8, 4) is 11.8 Å². The van der Waals surface area contributed by atoms with Crippen molar-refractivity contribution in [2.75, 3.05) is 13.1 Å². The first-order chi connectivity index (χ1) is 7.99. The van der Waals surface area contributed by atoms with Crippen LogP contribution in [0, 0.1) is 23.7 Å². The van der Waals surface area contributed by atoms with Gasteiger partial charge in [0.1, 0.15) is 5.78 Å². The van der Waals surface area contributed by atoms with Gasteiger partial charge < -0.3 is 4.90 Å². The van der Waals surface area contributed by atoms with Crippen LogP contribution in [0.25, 0.3) is 0 Å². The first-order valence-corrected chi connectivity index (χ1v) is 6.27. The van der Waals surface area contributed by atoms with Crippen LogP contribution in [0.1, 0.15) is 40.0 Å². The Kier molecular flexibility index (Phi) is 5.21. The van der Waals surface area contributed by atoms with Crippen LogP contribution in [0.4, 0.5) is 0 Å². The van der Waals surface area contributed by atoms with Crippen LogP contribution in [0.3, 0.4) is 0 Å². The van der Waals surface area contributed by atoms with Gasteiger partial charge in [-0.05, 0) is 19.8 Å². The van der Waals surface area contributed by atoms with Crippen molar-refractivity contribution in [2.45, 2.75) is 40.0 Å². The monoisotopic (exact) mass is 235 g/mol. The van der Waals surface area contributed by atoms with Gasteiger partial charge in [0.25, 0.3) is 0 Å². The van der Waals surface area contributed by atoms with Gasteiger partial charge in [-0.2, -0.15) is 0 Å². The van der Waals surface area contributed by atoms with Crippen LogP contribution in [0.2, 0.25) is 0 Å². The Morgan fingerprint density at radius 2 is 1.88 bits per heavy atom. The maximum Gasteiger partial charge on any atom is 0.230 e. The van der Waals surface area contributed by atoms with Gasteiger partial charge in [0.2, 0.25) is 5.91 Å². The van der Waals surface area contributed by atoms with Crippen LogP contribution in [-0.2, 0) is 9.59 Å².